The molecule has 0 aliphatic carbocycles. The predicted molar refractivity (Wildman–Crippen MR) is 108 cm³/mol. The van der Waals surface area contributed by atoms with E-state index in [9.17, 15) is 23.2 Å². The molecule has 1 aromatic heterocycles. The quantitative estimate of drug-likeness (QED) is 0.367. The normalized spacial score (nSPS) is 12.7. The van der Waals surface area contributed by atoms with E-state index in [1.165, 1.54) is 24.3 Å². The number of alkyl halides is 3. The Morgan fingerprint density at radius 2 is 1.97 bits per heavy atom. The van der Waals surface area contributed by atoms with E-state index < -0.39 is 17.7 Å². The largest absolute Gasteiger partial charge is 0.416 e. The number of carbonyl (C=O) groups excluding carboxylic acids is 1. The summed E-state index contributed by atoms with van der Waals surface area (Å²) in [6.07, 6.45) is -0.697. The summed E-state index contributed by atoms with van der Waals surface area (Å²) in [5.74, 6) is -0.782. The highest BCUT2D eigenvalue weighted by Crippen LogP contribution is 2.28. The van der Waals surface area contributed by atoms with Crippen molar-refractivity contribution in [3.05, 3.63) is 83.3 Å². The molecule has 1 aromatic carbocycles. The number of anilines is 1. The molecule has 0 unspecified atom stereocenters. The van der Waals surface area contributed by atoms with Crippen molar-refractivity contribution in [1.82, 2.24) is 4.98 Å². The molecule has 8 heteroatoms. The summed E-state index contributed by atoms with van der Waals surface area (Å²) in [5, 5.41) is 13.7. The third-order valence-corrected chi connectivity index (χ3v) is 4.26. The molecule has 1 amide bonds. The summed E-state index contributed by atoms with van der Waals surface area (Å²) in [5.41, 5.74) is 0.0618. The molecule has 0 aliphatic heterocycles. The number of halogens is 3. The van der Waals surface area contributed by atoms with Gasteiger partial charge in [-0.15, -0.1) is 11.3 Å². The Balaban J connectivity index is 2.17. The summed E-state index contributed by atoms with van der Waals surface area (Å²) < 4.78 is 38.8. The van der Waals surface area contributed by atoms with Gasteiger partial charge >= 0.3 is 6.18 Å². The number of rotatable bonds is 6. The van der Waals surface area contributed by atoms with Crippen LogP contribution >= 0.6 is 11.3 Å². The number of allylic oxidation sites excluding steroid dienone is 6. The Labute approximate surface area is 170 Å². The van der Waals surface area contributed by atoms with Crippen LogP contribution < -0.4 is 5.32 Å². The highest BCUT2D eigenvalue weighted by atomic mass is 32.1. The number of hydrogen-bond donors (Lipinski definition) is 1. The van der Waals surface area contributed by atoms with Gasteiger partial charge in [0.2, 0.25) is 0 Å². The summed E-state index contributed by atoms with van der Waals surface area (Å²) in [7, 11) is 0. The maximum atomic E-state index is 12.9. The van der Waals surface area contributed by atoms with E-state index in [1.54, 1.807) is 11.4 Å². The van der Waals surface area contributed by atoms with E-state index in [0.717, 1.165) is 23.8 Å². The van der Waals surface area contributed by atoms with Gasteiger partial charge in [0.05, 0.1) is 11.3 Å². The van der Waals surface area contributed by atoms with Crippen LogP contribution in [-0.4, -0.2) is 17.1 Å². The van der Waals surface area contributed by atoms with Crippen LogP contribution in [-0.2, 0) is 4.79 Å². The highest BCUT2D eigenvalue weighted by Gasteiger charge is 2.31. The number of nitrogens with zero attached hydrogens (tertiary/aromatic N) is 2. The first-order valence-electron chi connectivity index (χ1n) is 8.29. The molecule has 1 N–H and O–H groups in total. The molecule has 0 atom stereocenters. The molecular weight excluding hydrogens is 399 g/mol. The third-order valence-electron chi connectivity index (χ3n) is 3.50. The zero-order chi connectivity index (χ0) is 21.4. The topological polar surface area (TPSA) is 65.8 Å². The van der Waals surface area contributed by atoms with Crippen molar-refractivity contribution in [2.45, 2.75) is 13.1 Å². The molecule has 0 saturated carbocycles. The summed E-state index contributed by atoms with van der Waals surface area (Å²) in [4.78, 5) is 16.6. The fourth-order valence-electron chi connectivity index (χ4n) is 2.22. The Bertz CT molecular complexity index is 1030. The lowest BCUT2D eigenvalue weighted by molar-refractivity contribution is -0.112. The van der Waals surface area contributed by atoms with E-state index in [2.05, 4.69) is 16.9 Å². The first-order chi connectivity index (χ1) is 13.7. The van der Waals surface area contributed by atoms with Crippen LogP contribution in [0.4, 0.5) is 18.3 Å². The lowest BCUT2D eigenvalue weighted by Gasteiger charge is -2.07. The van der Waals surface area contributed by atoms with E-state index in [1.807, 2.05) is 30.3 Å². The van der Waals surface area contributed by atoms with Crippen LogP contribution in [0.2, 0.25) is 0 Å². The Morgan fingerprint density at radius 1 is 1.28 bits per heavy atom. The van der Waals surface area contributed by atoms with Crippen LogP contribution in [0.25, 0.3) is 11.3 Å². The number of thiazole rings is 1. The second-order valence-corrected chi connectivity index (χ2v) is 6.56. The van der Waals surface area contributed by atoms with Gasteiger partial charge in [-0.05, 0) is 24.6 Å². The molecule has 4 nitrogen and oxygen atoms in total. The minimum absolute atomic E-state index is 0.133. The maximum absolute atomic E-state index is 12.9. The van der Waals surface area contributed by atoms with Crippen LogP contribution in [0.1, 0.15) is 6.92 Å². The van der Waals surface area contributed by atoms with Crippen molar-refractivity contribution < 1.29 is 18.0 Å². The van der Waals surface area contributed by atoms with Crippen molar-refractivity contribution in [2.75, 3.05) is 5.32 Å². The van der Waals surface area contributed by atoms with E-state index in [4.69, 9.17) is 0 Å². The van der Waals surface area contributed by atoms with Gasteiger partial charge in [-0.25, -0.2) is 4.98 Å². The number of hydrogen-bond acceptors (Lipinski definition) is 4. The first-order valence-corrected chi connectivity index (χ1v) is 9.17. The fraction of sp³-hybridized carbons (Fsp3) is 0.0952. The highest BCUT2D eigenvalue weighted by molar-refractivity contribution is 7.14. The number of carbonyl (C=O) groups is 1. The molecule has 0 spiro atoms. The van der Waals surface area contributed by atoms with Crippen molar-refractivity contribution in [3.8, 4) is 17.3 Å². The van der Waals surface area contributed by atoms with Gasteiger partial charge in [-0.3, -0.25) is 10.1 Å². The lowest BCUT2D eigenvalue weighted by atomic mass is 10.1. The van der Waals surface area contributed by atoms with Gasteiger partial charge in [0.25, 0.3) is 5.91 Å². The molecule has 0 fully saturated rings. The molecular formula is C21H16F3N3OS. The van der Waals surface area contributed by atoms with Crippen LogP contribution in [0.15, 0.2) is 83.3 Å². The molecule has 2 rings (SSSR count). The van der Waals surface area contributed by atoms with E-state index in [0.29, 0.717) is 5.69 Å². The minimum Gasteiger partial charge on any atom is -0.297 e. The Kier molecular flexibility index (Phi) is 7.28. The number of nitriles is 1. The predicted octanol–water partition coefficient (Wildman–Crippen LogP) is 5.82. The molecule has 29 heavy (non-hydrogen) atoms. The SMILES string of the molecule is C=C(/C=C(\C#N)C(=O)Nc1nc(-c2ccccc2)cs1)/C=C(\C=C/C)C(F)(F)F. The minimum atomic E-state index is -4.58. The summed E-state index contributed by atoms with van der Waals surface area (Å²) >= 11 is 1.17. The van der Waals surface area contributed by atoms with E-state index in [-0.39, 0.29) is 16.3 Å². The third kappa shape index (κ3) is 6.30. The fourth-order valence-corrected chi connectivity index (χ4v) is 2.93. The second kappa shape index (κ2) is 9.66. The van der Waals surface area contributed by atoms with Gasteiger partial charge in [-0.2, -0.15) is 18.4 Å². The molecule has 0 aliphatic rings. The molecule has 0 saturated heterocycles. The van der Waals surface area contributed by atoms with Crippen LogP contribution in [0.5, 0.6) is 0 Å². The molecule has 0 bridgehead atoms. The zero-order valence-electron chi connectivity index (χ0n) is 15.3. The Morgan fingerprint density at radius 3 is 2.55 bits per heavy atom. The summed E-state index contributed by atoms with van der Waals surface area (Å²) in [6, 6.07) is 11.0. The Hall–Kier alpha value is -3.44. The average Bonchev–Trinajstić information content (AvgIpc) is 3.14. The molecule has 0 radical (unpaired) electrons. The average molecular weight is 415 g/mol. The monoisotopic (exact) mass is 415 g/mol. The number of nitrogens with one attached hydrogen (secondary N) is 1. The van der Waals surface area contributed by atoms with Crippen molar-refractivity contribution in [2.24, 2.45) is 0 Å². The number of amides is 1. The molecule has 2 aromatic rings. The number of benzene rings is 1. The van der Waals surface area contributed by atoms with Gasteiger partial charge in [0, 0.05) is 10.9 Å². The standard InChI is InChI=1S/C21H16F3N3OS/c1-3-7-17(21(22,23)24)11-14(2)10-16(12-25)19(28)27-20-26-18(13-29-20)15-8-5-4-6-9-15/h3-11,13H,2H2,1H3,(H,26,27,28)/b7-3-,16-10+,17-11+. The van der Waals surface area contributed by atoms with Gasteiger partial charge in [-0.1, -0.05) is 49.1 Å². The second-order valence-electron chi connectivity index (χ2n) is 5.70. The van der Waals surface area contributed by atoms with Gasteiger partial charge in [0.15, 0.2) is 5.13 Å². The van der Waals surface area contributed by atoms with Crippen LogP contribution in [0, 0.1) is 11.3 Å². The van der Waals surface area contributed by atoms with E-state index >= 15 is 0 Å². The van der Waals surface area contributed by atoms with Crippen molar-refractivity contribution in [3.63, 3.8) is 0 Å². The molecule has 148 valence electrons. The van der Waals surface area contributed by atoms with Gasteiger partial charge < -0.3 is 0 Å². The van der Waals surface area contributed by atoms with Gasteiger partial charge in [0.1, 0.15) is 11.6 Å². The summed E-state index contributed by atoms with van der Waals surface area (Å²) in [6.45, 7) is 4.93. The van der Waals surface area contributed by atoms with Crippen molar-refractivity contribution in [1.29, 1.82) is 5.26 Å². The number of aromatic nitrogens is 1. The first kappa shape index (κ1) is 21.9. The van der Waals surface area contributed by atoms with Crippen LogP contribution in [0.3, 0.4) is 0 Å². The zero-order valence-corrected chi connectivity index (χ0v) is 16.1. The van der Waals surface area contributed by atoms with Crippen molar-refractivity contribution >= 4 is 22.4 Å². The smallest absolute Gasteiger partial charge is 0.297 e. The maximum Gasteiger partial charge on any atom is 0.416 e. The molecule has 1 heterocycles. The lowest BCUT2D eigenvalue weighted by Crippen LogP contribution is -2.13.